The Hall–Kier alpha value is -0.250. The Labute approximate surface area is 75.6 Å². The fourth-order valence-corrected chi connectivity index (χ4v) is 0.989. The molecular formula is C7H14BrNO2. The number of alkyl halides is 1. The summed E-state index contributed by atoms with van der Waals surface area (Å²) in [5.74, 6) is 0. The Balaban J connectivity index is 3.04. The third-order valence-corrected chi connectivity index (χ3v) is 1.67. The summed E-state index contributed by atoms with van der Waals surface area (Å²) in [6.45, 7) is 2.92. The first-order chi connectivity index (χ1) is 5.31. The lowest BCUT2D eigenvalue weighted by atomic mass is 10.3. The lowest BCUT2D eigenvalue weighted by Crippen LogP contribution is -2.25. The summed E-state index contributed by atoms with van der Waals surface area (Å²) >= 11 is 3.30. The lowest BCUT2D eigenvalue weighted by Gasteiger charge is -2.03. The van der Waals surface area contributed by atoms with Crippen molar-refractivity contribution in [3.63, 3.8) is 0 Å². The second-order valence-corrected chi connectivity index (χ2v) is 2.84. The highest BCUT2D eigenvalue weighted by atomic mass is 79.9. The largest absolute Gasteiger partial charge is 0.450 e. The van der Waals surface area contributed by atoms with Gasteiger partial charge in [0.05, 0.1) is 6.61 Å². The molecule has 0 radical (unpaired) electrons. The van der Waals surface area contributed by atoms with Crippen molar-refractivity contribution >= 4 is 22.0 Å². The third kappa shape index (κ3) is 7.65. The zero-order valence-electron chi connectivity index (χ0n) is 6.73. The Kier molecular flexibility index (Phi) is 7.67. The molecule has 0 aliphatic carbocycles. The smallest absolute Gasteiger partial charge is 0.407 e. The summed E-state index contributed by atoms with van der Waals surface area (Å²) in [7, 11) is 0. The molecule has 0 saturated carbocycles. The van der Waals surface area contributed by atoms with E-state index in [-0.39, 0.29) is 6.09 Å². The fourth-order valence-electron chi connectivity index (χ4n) is 0.592. The van der Waals surface area contributed by atoms with E-state index in [9.17, 15) is 4.79 Å². The summed E-state index contributed by atoms with van der Waals surface area (Å²) in [6, 6.07) is 0. The topological polar surface area (TPSA) is 38.3 Å². The Bertz CT molecular complexity index is 109. The van der Waals surface area contributed by atoms with E-state index >= 15 is 0 Å². The normalized spacial score (nSPS) is 9.27. The number of ether oxygens (including phenoxy) is 1. The maximum atomic E-state index is 10.7. The van der Waals surface area contributed by atoms with Gasteiger partial charge in [0.15, 0.2) is 0 Å². The maximum absolute atomic E-state index is 10.7. The van der Waals surface area contributed by atoms with E-state index in [1.165, 1.54) is 0 Å². The second-order valence-electron chi connectivity index (χ2n) is 2.04. The van der Waals surface area contributed by atoms with Crippen molar-refractivity contribution in [2.24, 2.45) is 0 Å². The summed E-state index contributed by atoms with van der Waals surface area (Å²) in [6.07, 6.45) is 1.75. The van der Waals surface area contributed by atoms with Gasteiger partial charge < -0.3 is 10.1 Å². The Morgan fingerprint density at radius 1 is 1.55 bits per heavy atom. The molecule has 0 spiro atoms. The number of unbranched alkanes of at least 4 members (excludes halogenated alkanes) is 1. The summed E-state index contributed by atoms with van der Waals surface area (Å²) in [5.41, 5.74) is 0. The molecule has 0 aliphatic rings. The fraction of sp³-hybridized carbons (Fsp3) is 0.857. The minimum atomic E-state index is -0.318. The van der Waals surface area contributed by atoms with Gasteiger partial charge in [-0.05, 0) is 19.8 Å². The van der Waals surface area contributed by atoms with Crippen molar-refractivity contribution in [3.8, 4) is 0 Å². The third-order valence-electron chi connectivity index (χ3n) is 1.11. The molecule has 1 N–H and O–H groups in total. The zero-order valence-corrected chi connectivity index (χ0v) is 8.32. The summed E-state index contributed by atoms with van der Waals surface area (Å²) in [5, 5.41) is 3.62. The molecule has 0 saturated heterocycles. The average Bonchev–Trinajstić information content (AvgIpc) is 1.99. The minimum absolute atomic E-state index is 0.318. The number of amides is 1. The highest BCUT2D eigenvalue weighted by Crippen LogP contribution is 1.91. The maximum Gasteiger partial charge on any atom is 0.407 e. The van der Waals surface area contributed by atoms with Crippen LogP contribution in [0.25, 0.3) is 0 Å². The quantitative estimate of drug-likeness (QED) is 0.572. The molecule has 0 heterocycles. The van der Waals surface area contributed by atoms with Crippen LogP contribution in [0.5, 0.6) is 0 Å². The van der Waals surface area contributed by atoms with Gasteiger partial charge in [0.25, 0.3) is 0 Å². The Morgan fingerprint density at radius 2 is 2.27 bits per heavy atom. The van der Waals surface area contributed by atoms with Crippen LogP contribution in [0, 0.1) is 0 Å². The van der Waals surface area contributed by atoms with Gasteiger partial charge >= 0.3 is 6.09 Å². The highest BCUT2D eigenvalue weighted by Gasteiger charge is 1.96. The molecule has 4 heteroatoms. The average molecular weight is 224 g/mol. The van der Waals surface area contributed by atoms with Crippen molar-refractivity contribution in [2.45, 2.75) is 19.8 Å². The monoisotopic (exact) mass is 223 g/mol. The van der Waals surface area contributed by atoms with Crippen LogP contribution < -0.4 is 5.32 Å². The van der Waals surface area contributed by atoms with Gasteiger partial charge in [-0.1, -0.05) is 15.9 Å². The van der Waals surface area contributed by atoms with Gasteiger partial charge in [-0.15, -0.1) is 0 Å². The molecule has 0 rings (SSSR count). The molecule has 0 aromatic heterocycles. The number of carbonyl (C=O) groups is 1. The molecule has 0 aromatic carbocycles. The number of hydrogen-bond donors (Lipinski definition) is 1. The van der Waals surface area contributed by atoms with Gasteiger partial charge in [0.2, 0.25) is 0 Å². The van der Waals surface area contributed by atoms with Gasteiger partial charge in [-0.2, -0.15) is 0 Å². The number of hydrogen-bond acceptors (Lipinski definition) is 2. The van der Waals surface area contributed by atoms with Crippen LogP contribution in [-0.2, 0) is 4.74 Å². The molecule has 3 nitrogen and oxygen atoms in total. The number of alkyl carbamates (subject to hydrolysis) is 1. The highest BCUT2D eigenvalue weighted by molar-refractivity contribution is 9.09. The van der Waals surface area contributed by atoms with Crippen molar-refractivity contribution in [1.82, 2.24) is 5.32 Å². The number of nitrogens with one attached hydrogen (secondary N) is 1. The van der Waals surface area contributed by atoms with Crippen LogP contribution in [0.2, 0.25) is 0 Å². The number of rotatable bonds is 5. The van der Waals surface area contributed by atoms with Crippen molar-refractivity contribution < 1.29 is 9.53 Å². The molecule has 0 atom stereocenters. The predicted molar refractivity (Wildman–Crippen MR) is 48.1 cm³/mol. The lowest BCUT2D eigenvalue weighted by molar-refractivity contribution is 0.152. The van der Waals surface area contributed by atoms with Crippen LogP contribution in [0.4, 0.5) is 4.79 Å². The first-order valence-corrected chi connectivity index (χ1v) is 4.90. The van der Waals surface area contributed by atoms with Crippen LogP contribution in [0.3, 0.4) is 0 Å². The van der Waals surface area contributed by atoms with E-state index in [1.807, 2.05) is 0 Å². The van der Waals surface area contributed by atoms with Gasteiger partial charge in [-0.25, -0.2) is 4.79 Å². The molecular weight excluding hydrogens is 210 g/mol. The van der Waals surface area contributed by atoms with E-state index in [0.29, 0.717) is 13.2 Å². The molecule has 11 heavy (non-hydrogen) atoms. The van der Waals surface area contributed by atoms with E-state index < -0.39 is 0 Å². The van der Waals surface area contributed by atoms with Gasteiger partial charge in [-0.3, -0.25) is 0 Å². The molecule has 0 aliphatic heterocycles. The first-order valence-electron chi connectivity index (χ1n) is 3.77. The van der Waals surface area contributed by atoms with Crippen LogP contribution in [0.15, 0.2) is 0 Å². The van der Waals surface area contributed by atoms with Crippen molar-refractivity contribution in [3.05, 3.63) is 0 Å². The van der Waals surface area contributed by atoms with E-state index in [4.69, 9.17) is 0 Å². The molecule has 1 amide bonds. The van der Waals surface area contributed by atoms with Crippen molar-refractivity contribution in [1.29, 1.82) is 0 Å². The van der Waals surface area contributed by atoms with Crippen molar-refractivity contribution in [2.75, 3.05) is 18.5 Å². The molecule has 0 unspecified atom stereocenters. The van der Waals surface area contributed by atoms with Gasteiger partial charge in [0, 0.05) is 11.9 Å². The van der Waals surface area contributed by atoms with Crippen LogP contribution in [0.1, 0.15) is 19.8 Å². The standard InChI is InChI=1S/C7H14BrNO2/c1-2-11-7(10)9-6-4-3-5-8/h2-6H2,1H3,(H,9,10). The second kappa shape index (κ2) is 7.85. The number of halogens is 1. The Morgan fingerprint density at radius 3 is 2.82 bits per heavy atom. The predicted octanol–water partition coefficient (Wildman–Crippen LogP) is 1.91. The minimum Gasteiger partial charge on any atom is -0.450 e. The molecule has 0 fully saturated rings. The molecule has 0 aromatic rings. The first kappa shape index (κ1) is 10.8. The van der Waals surface area contributed by atoms with E-state index in [1.54, 1.807) is 6.92 Å². The zero-order chi connectivity index (χ0) is 8.53. The van der Waals surface area contributed by atoms with E-state index in [2.05, 4.69) is 26.0 Å². The summed E-state index contributed by atoms with van der Waals surface area (Å²) < 4.78 is 4.66. The van der Waals surface area contributed by atoms with Crippen LogP contribution >= 0.6 is 15.9 Å². The molecule has 0 bridgehead atoms. The molecule has 66 valence electrons. The van der Waals surface area contributed by atoms with E-state index in [0.717, 1.165) is 18.2 Å². The van der Waals surface area contributed by atoms with Crippen LogP contribution in [-0.4, -0.2) is 24.6 Å². The number of carbonyl (C=O) groups excluding carboxylic acids is 1. The SMILES string of the molecule is CCOC(=O)NCCCCBr. The summed E-state index contributed by atoms with van der Waals surface area (Å²) in [4.78, 5) is 10.7. The van der Waals surface area contributed by atoms with Gasteiger partial charge in [0.1, 0.15) is 0 Å².